The maximum atomic E-state index is 13.5. The summed E-state index contributed by atoms with van der Waals surface area (Å²) in [5.74, 6) is -0.393. The van der Waals surface area contributed by atoms with E-state index in [1.165, 1.54) is 6.07 Å². The molecule has 0 saturated carbocycles. The van der Waals surface area contributed by atoms with Crippen LogP contribution in [0.3, 0.4) is 0 Å². The van der Waals surface area contributed by atoms with Crippen molar-refractivity contribution in [3.63, 3.8) is 0 Å². The molecule has 0 radical (unpaired) electrons. The highest BCUT2D eigenvalue weighted by atomic mass is 79.9. The molecule has 0 bridgehead atoms. The highest BCUT2D eigenvalue weighted by molar-refractivity contribution is 9.10. The monoisotopic (exact) mass is 338 g/mol. The van der Waals surface area contributed by atoms with Gasteiger partial charge in [-0.3, -0.25) is 0 Å². The minimum atomic E-state index is -0.648. The summed E-state index contributed by atoms with van der Waals surface area (Å²) in [5, 5.41) is 12.6. The zero-order valence-electron chi connectivity index (χ0n) is 9.70. The SMILES string of the molecule is N#CC(Nc1ccccc1F)c1ccc(Cl)c(Br)c1. The Morgan fingerprint density at radius 2 is 2.00 bits per heavy atom. The predicted octanol–water partition coefficient (Wildman–Crippen LogP) is 4.92. The third-order valence-corrected chi connectivity index (χ3v) is 3.79. The van der Waals surface area contributed by atoms with Crippen molar-refractivity contribution in [1.29, 1.82) is 5.26 Å². The van der Waals surface area contributed by atoms with Crippen molar-refractivity contribution in [2.24, 2.45) is 0 Å². The van der Waals surface area contributed by atoms with Crippen LogP contribution in [0.5, 0.6) is 0 Å². The second-order valence-corrected chi connectivity index (χ2v) is 5.12. The Morgan fingerprint density at radius 1 is 1.26 bits per heavy atom. The van der Waals surface area contributed by atoms with Crippen molar-refractivity contribution in [2.45, 2.75) is 6.04 Å². The summed E-state index contributed by atoms with van der Waals surface area (Å²) < 4.78 is 14.2. The standard InChI is InChI=1S/C14H9BrClFN2/c15-10-7-9(5-6-11(10)16)14(8-18)19-13-4-2-1-3-12(13)17/h1-7,14,19H. The number of halogens is 3. The van der Waals surface area contributed by atoms with E-state index in [1.807, 2.05) is 0 Å². The molecule has 0 saturated heterocycles. The summed E-state index contributed by atoms with van der Waals surface area (Å²) in [6.07, 6.45) is 0. The van der Waals surface area contributed by atoms with Gasteiger partial charge in [0.1, 0.15) is 11.9 Å². The quantitative estimate of drug-likeness (QED) is 0.861. The van der Waals surface area contributed by atoms with E-state index in [0.717, 1.165) is 0 Å². The molecule has 0 amide bonds. The van der Waals surface area contributed by atoms with E-state index in [4.69, 9.17) is 11.6 Å². The summed E-state index contributed by atoms with van der Waals surface area (Å²) in [4.78, 5) is 0. The Bertz CT molecular complexity index is 640. The van der Waals surface area contributed by atoms with E-state index < -0.39 is 11.9 Å². The summed E-state index contributed by atoms with van der Waals surface area (Å²) in [6, 6.07) is 12.8. The van der Waals surface area contributed by atoms with Crippen LogP contribution in [0.2, 0.25) is 5.02 Å². The normalized spacial score (nSPS) is 11.7. The predicted molar refractivity (Wildman–Crippen MR) is 77.5 cm³/mol. The lowest BCUT2D eigenvalue weighted by Gasteiger charge is -2.14. The second-order valence-electron chi connectivity index (χ2n) is 3.86. The maximum absolute atomic E-state index is 13.5. The molecule has 0 fully saturated rings. The Hall–Kier alpha value is -1.57. The number of hydrogen-bond acceptors (Lipinski definition) is 2. The zero-order valence-corrected chi connectivity index (χ0v) is 12.0. The smallest absolute Gasteiger partial charge is 0.146 e. The Morgan fingerprint density at radius 3 is 2.63 bits per heavy atom. The third-order valence-electron chi connectivity index (χ3n) is 2.58. The first kappa shape index (κ1) is 13.9. The molecule has 0 aromatic heterocycles. The van der Waals surface area contributed by atoms with Crippen molar-refractivity contribution >= 4 is 33.2 Å². The van der Waals surface area contributed by atoms with Gasteiger partial charge in [0.15, 0.2) is 0 Å². The minimum absolute atomic E-state index is 0.292. The number of benzene rings is 2. The fourth-order valence-electron chi connectivity index (χ4n) is 1.62. The molecule has 1 unspecified atom stereocenters. The van der Waals surface area contributed by atoms with Gasteiger partial charge in [0, 0.05) is 4.47 Å². The van der Waals surface area contributed by atoms with Gasteiger partial charge in [0.25, 0.3) is 0 Å². The number of rotatable bonds is 3. The van der Waals surface area contributed by atoms with Gasteiger partial charge in [-0.15, -0.1) is 0 Å². The minimum Gasteiger partial charge on any atom is -0.364 e. The summed E-state index contributed by atoms with van der Waals surface area (Å²) >= 11 is 9.20. The average Bonchev–Trinajstić information content (AvgIpc) is 2.41. The third kappa shape index (κ3) is 3.25. The molecule has 2 aromatic rings. The molecule has 2 nitrogen and oxygen atoms in total. The lowest BCUT2D eigenvalue weighted by atomic mass is 10.1. The molecule has 0 spiro atoms. The van der Waals surface area contributed by atoms with E-state index in [2.05, 4.69) is 27.3 Å². The van der Waals surface area contributed by atoms with Crippen LogP contribution in [-0.4, -0.2) is 0 Å². The molecule has 96 valence electrons. The van der Waals surface area contributed by atoms with Crippen LogP contribution >= 0.6 is 27.5 Å². The number of hydrogen-bond donors (Lipinski definition) is 1. The van der Waals surface area contributed by atoms with Crippen LogP contribution in [0.15, 0.2) is 46.9 Å². The maximum Gasteiger partial charge on any atom is 0.146 e. The summed E-state index contributed by atoms with van der Waals surface area (Å²) in [5.41, 5.74) is 1.00. The first-order valence-corrected chi connectivity index (χ1v) is 6.64. The van der Waals surface area contributed by atoms with Crippen LogP contribution in [0, 0.1) is 17.1 Å². The molecule has 0 aliphatic heterocycles. The van der Waals surface area contributed by atoms with E-state index >= 15 is 0 Å². The number of nitrogens with zero attached hydrogens (tertiary/aromatic N) is 1. The van der Waals surface area contributed by atoms with Crippen molar-refractivity contribution < 1.29 is 4.39 Å². The van der Waals surface area contributed by atoms with Crippen molar-refractivity contribution in [1.82, 2.24) is 0 Å². The molecular weight excluding hydrogens is 331 g/mol. The zero-order chi connectivity index (χ0) is 13.8. The lowest BCUT2D eigenvalue weighted by molar-refractivity contribution is 0.629. The number of para-hydroxylation sites is 1. The number of anilines is 1. The van der Waals surface area contributed by atoms with E-state index in [0.29, 0.717) is 20.7 Å². The van der Waals surface area contributed by atoms with Gasteiger partial charge in [0.05, 0.1) is 16.8 Å². The second kappa shape index (κ2) is 6.05. The van der Waals surface area contributed by atoms with Gasteiger partial charge >= 0.3 is 0 Å². The summed E-state index contributed by atoms with van der Waals surface area (Å²) in [6.45, 7) is 0. The Labute approximate surface area is 123 Å². The Balaban J connectivity index is 2.28. The van der Waals surface area contributed by atoms with Crippen LogP contribution in [0.1, 0.15) is 11.6 Å². The molecule has 2 aromatic carbocycles. The molecule has 0 heterocycles. The number of nitriles is 1. The highest BCUT2D eigenvalue weighted by Crippen LogP contribution is 2.28. The molecule has 0 aliphatic rings. The first-order valence-electron chi connectivity index (χ1n) is 5.47. The van der Waals surface area contributed by atoms with Crippen LogP contribution in [-0.2, 0) is 0 Å². The fourth-order valence-corrected chi connectivity index (χ4v) is 2.13. The van der Waals surface area contributed by atoms with Gasteiger partial charge in [0.2, 0.25) is 0 Å². The van der Waals surface area contributed by atoms with E-state index in [-0.39, 0.29) is 0 Å². The van der Waals surface area contributed by atoms with Crippen molar-refractivity contribution in [2.75, 3.05) is 5.32 Å². The average molecular weight is 340 g/mol. The largest absolute Gasteiger partial charge is 0.364 e. The van der Waals surface area contributed by atoms with Crippen LogP contribution in [0.25, 0.3) is 0 Å². The van der Waals surface area contributed by atoms with Crippen LogP contribution in [0.4, 0.5) is 10.1 Å². The van der Waals surface area contributed by atoms with Crippen molar-refractivity contribution in [3.05, 3.63) is 63.3 Å². The van der Waals surface area contributed by atoms with Crippen molar-refractivity contribution in [3.8, 4) is 6.07 Å². The molecule has 19 heavy (non-hydrogen) atoms. The van der Waals surface area contributed by atoms with Gasteiger partial charge < -0.3 is 5.32 Å². The molecule has 0 aliphatic carbocycles. The Kier molecular flexibility index (Phi) is 4.41. The van der Waals surface area contributed by atoms with Gasteiger partial charge in [-0.25, -0.2) is 4.39 Å². The molecule has 2 rings (SSSR count). The number of nitrogens with one attached hydrogen (secondary N) is 1. The van der Waals surface area contributed by atoms with Gasteiger partial charge in [-0.05, 0) is 45.8 Å². The van der Waals surface area contributed by atoms with Gasteiger partial charge in [-0.1, -0.05) is 29.8 Å². The molecular formula is C14H9BrClFN2. The van der Waals surface area contributed by atoms with Gasteiger partial charge in [-0.2, -0.15) is 5.26 Å². The summed E-state index contributed by atoms with van der Waals surface area (Å²) in [7, 11) is 0. The molecule has 5 heteroatoms. The van der Waals surface area contributed by atoms with E-state index in [9.17, 15) is 9.65 Å². The van der Waals surface area contributed by atoms with E-state index in [1.54, 1.807) is 36.4 Å². The molecule has 1 N–H and O–H groups in total. The van der Waals surface area contributed by atoms with Crippen LogP contribution < -0.4 is 5.32 Å². The highest BCUT2D eigenvalue weighted by Gasteiger charge is 2.13. The first-order chi connectivity index (χ1) is 9.11. The molecule has 1 atom stereocenters. The fraction of sp³-hybridized carbons (Fsp3) is 0.0714. The topological polar surface area (TPSA) is 35.8 Å². The lowest BCUT2D eigenvalue weighted by Crippen LogP contribution is -2.09.